The fraction of sp³-hybridized carbons (Fsp3) is 0.227. The molecule has 2 aromatic carbocycles. The van der Waals surface area contributed by atoms with E-state index in [0.29, 0.717) is 34.1 Å². The molecular weight excluding hydrogens is 439 g/mol. The summed E-state index contributed by atoms with van der Waals surface area (Å²) < 4.78 is 20.3. The molecule has 3 rings (SSSR count). The molecule has 0 bridgehead atoms. The maximum absolute atomic E-state index is 12.9. The Kier molecular flexibility index (Phi) is 8.08. The maximum Gasteiger partial charge on any atom is 0.244 e. The Morgan fingerprint density at radius 1 is 1.26 bits per heavy atom. The van der Waals surface area contributed by atoms with Gasteiger partial charge in [-0.05, 0) is 48.9 Å². The van der Waals surface area contributed by atoms with E-state index in [9.17, 15) is 9.18 Å². The number of rotatable bonds is 9. The van der Waals surface area contributed by atoms with Crippen molar-refractivity contribution in [1.29, 1.82) is 0 Å². The summed E-state index contributed by atoms with van der Waals surface area (Å²) in [7, 11) is 1.85. The number of ether oxygens (including phenoxy) is 1. The molecule has 9 heteroatoms. The minimum absolute atomic E-state index is 0.252. The molecule has 1 heterocycles. The largest absolute Gasteiger partial charge is 0.493 e. The molecule has 3 aromatic rings. The normalized spacial score (nSPS) is 12.1. The molecule has 0 aliphatic carbocycles. The highest BCUT2D eigenvalue weighted by Gasteiger charge is 2.17. The SMILES string of the molecule is C[C@H](NC(=O)/C=C/c1ccccc1Cl)c1nnc(SCCOc2ccc(F)cc2)n1C. The first-order valence-electron chi connectivity index (χ1n) is 9.57. The third-order valence-electron chi connectivity index (χ3n) is 4.33. The summed E-state index contributed by atoms with van der Waals surface area (Å²) in [6.45, 7) is 2.29. The van der Waals surface area contributed by atoms with Gasteiger partial charge in [-0.15, -0.1) is 10.2 Å². The standard InChI is InChI=1S/C22H22ClFN4O2S/c1-15(25-20(29)12-7-16-5-3-4-6-19(16)23)21-26-27-22(28(21)2)31-14-13-30-18-10-8-17(24)9-11-18/h3-12,15H,13-14H2,1-2H3,(H,25,29)/b12-7+/t15-/m0/s1. The highest BCUT2D eigenvalue weighted by Crippen LogP contribution is 2.20. The first-order valence-corrected chi connectivity index (χ1v) is 10.9. The molecule has 0 fully saturated rings. The zero-order chi connectivity index (χ0) is 22.2. The molecule has 0 saturated heterocycles. The summed E-state index contributed by atoms with van der Waals surface area (Å²) in [5.41, 5.74) is 0.771. The lowest BCUT2D eigenvalue weighted by atomic mass is 10.2. The number of carbonyl (C=O) groups is 1. The van der Waals surface area contributed by atoms with Gasteiger partial charge < -0.3 is 14.6 Å². The lowest BCUT2D eigenvalue weighted by Gasteiger charge is -2.12. The molecule has 0 unspecified atom stereocenters. The molecule has 0 saturated carbocycles. The van der Waals surface area contributed by atoms with E-state index in [0.717, 1.165) is 5.56 Å². The van der Waals surface area contributed by atoms with Gasteiger partial charge in [-0.25, -0.2) is 4.39 Å². The number of aromatic nitrogens is 3. The summed E-state index contributed by atoms with van der Waals surface area (Å²) in [5.74, 6) is 1.35. The first kappa shape index (κ1) is 22.8. The van der Waals surface area contributed by atoms with E-state index in [4.69, 9.17) is 16.3 Å². The number of hydrogen-bond acceptors (Lipinski definition) is 5. The molecule has 0 spiro atoms. The highest BCUT2D eigenvalue weighted by molar-refractivity contribution is 7.99. The van der Waals surface area contributed by atoms with Crippen LogP contribution in [0.25, 0.3) is 6.08 Å². The van der Waals surface area contributed by atoms with Crippen LogP contribution in [-0.4, -0.2) is 33.0 Å². The van der Waals surface area contributed by atoms with Crippen molar-refractivity contribution >= 4 is 35.3 Å². The molecule has 1 amide bonds. The minimum atomic E-state index is -0.328. The second kappa shape index (κ2) is 11.0. The van der Waals surface area contributed by atoms with Crippen molar-refractivity contribution in [1.82, 2.24) is 20.1 Å². The van der Waals surface area contributed by atoms with Gasteiger partial charge in [-0.2, -0.15) is 0 Å². The molecule has 1 aromatic heterocycles. The van der Waals surface area contributed by atoms with Crippen molar-refractivity contribution in [3.8, 4) is 5.75 Å². The van der Waals surface area contributed by atoms with Gasteiger partial charge in [0.2, 0.25) is 5.91 Å². The van der Waals surface area contributed by atoms with Crippen molar-refractivity contribution in [3.63, 3.8) is 0 Å². The molecular formula is C22H22ClFN4O2S. The van der Waals surface area contributed by atoms with Gasteiger partial charge in [0, 0.05) is 23.9 Å². The van der Waals surface area contributed by atoms with Gasteiger partial charge in [0.05, 0.1) is 12.6 Å². The third kappa shape index (κ3) is 6.57. The van der Waals surface area contributed by atoms with Crippen molar-refractivity contribution in [2.24, 2.45) is 7.05 Å². The number of amides is 1. The molecule has 1 atom stereocenters. The summed E-state index contributed by atoms with van der Waals surface area (Å²) >= 11 is 7.58. The predicted octanol–water partition coefficient (Wildman–Crippen LogP) is 4.67. The Morgan fingerprint density at radius 2 is 2.00 bits per heavy atom. The van der Waals surface area contributed by atoms with Crippen LogP contribution in [0.3, 0.4) is 0 Å². The van der Waals surface area contributed by atoms with Crippen LogP contribution in [-0.2, 0) is 11.8 Å². The lowest BCUT2D eigenvalue weighted by Crippen LogP contribution is -2.26. The molecule has 162 valence electrons. The Hall–Kier alpha value is -2.84. The second-order valence-electron chi connectivity index (χ2n) is 6.64. The van der Waals surface area contributed by atoms with E-state index in [1.54, 1.807) is 24.3 Å². The quantitative estimate of drug-likeness (QED) is 0.285. The van der Waals surface area contributed by atoms with Crippen molar-refractivity contribution in [3.05, 3.63) is 76.8 Å². The summed E-state index contributed by atoms with van der Waals surface area (Å²) in [4.78, 5) is 12.3. The summed E-state index contributed by atoms with van der Waals surface area (Å²) in [6, 6.07) is 12.9. The number of hydrogen-bond donors (Lipinski definition) is 1. The number of thioether (sulfide) groups is 1. The van der Waals surface area contributed by atoms with E-state index in [2.05, 4.69) is 15.5 Å². The molecule has 1 N–H and O–H groups in total. The van der Waals surface area contributed by atoms with Crippen molar-refractivity contribution in [2.75, 3.05) is 12.4 Å². The molecule has 0 aliphatic heterocycles. The first-order chi connectivity index (χ1) is 14.9. The van der Waals surface area contributed by atoms with Crippen LogP contribution in [0.5, 0.6) is 5.75 Å². The second-order valence-corrected chi connectivity index (χ2v) is 8.11. The van der Waals surface area contributed by atoms with Gasteiger partial charge in [0.1, 0.15) is 11.6 Å². The van der Waals surface area contributed by atoms with Crippen LogP contribution in [0.4, 0.5) is 4.39 Å². The van der Waals surface area contributed by atoms with E-state index < -0.39 is 0 Å². The average Bonchev–Trinajstić information content (AvgIpc) is 3.12. The fourth-order valence-corrected chi connectivity index (χ4v) is 3.69. The zero-order valence-corrected chi connectivity index (χ0v) is 18.7. The van der Waals surface area contributed by atoms with Crippen molar-refractivity contribution < 1.29 is 13.9 Å². The lowest BCUT2D eigenvalue weighted by molar-refractivity contribution is -0.117. The Labute approximate surface area is 189 Å². The molecule has 31 heavy (non-hydrogen) atoms. The summed E-state index contributed by atoms with van der Waals surface area (Å²) in [5, 5.41) is 12.6. The number of benzene rings is 2. The third-order valence-corrected chi connectivity index (χ3v) is 5.66. The number of carbonyl (C=O) groups excluding carboxylic acids is 1. The smallest absolute Gasteiger partial charge is 0.244 e. The Balaban J connectivity index is 1.49. The number of halogens is 2. The van der Waals surface area contributed by atoms with E-state index in [-0.39, 0.29) is 17.8 Å². The van der Waals surface area contributed by atoms with Crippen LogP contribution >= 0.6 is 23.4 Å². The Morgan fingerprint density at radius 3 is 2.74 bits per heavy atom. The van der Waals surface area contributed by atoms with Gasteiger partial charge in [-0.3, -0.25) is 4.79 Å². The van der Waals surface area contributed by atoms with Crippen LogP contribution in [0.15, 0.2) is 59.8 Å². The number of nitrogens with one attached hydrogen (secondary N) is 1. The fourth-order valence-electron chi connectivity index (χ4n) is 2.75. The van der Waals surface area contributed by atoms with Gasteiger partial charge >= 0.3 is 0 Å². The van der Waals surface area contributed by atoms with Crippen LogP contribution in [0.2, 0.25) is 5.02 Å². The minimum Gasteiger partial charge on any atom is -0.493 e. The molecule has 0 aliphatic rings. The molecule has 6 nitrogen and oxygen atoms in total. The zero-order valence-electron chi connectivity index (χ0n) is 17.1. The topological polar surface area (TPSA) is 69.0 Å². The van der Waals surface area contributed by atoms with Crippen LogP contribution < -0.4 is 10.1 Å². The summed E-state index contributed by atoms with van der Waals surface area (Å²) in [6.07, 6.45) is 3.11. The van der Waals surface area contributed by atoms with Gasteiger partial charge in [-0.1, -0.05) is 41.6 Å². The highest BCUT2D eigenvalue weighted by atomic mass is 35.5. The average molecular weight is 461 g/mol. The maximum atomic E-state index is 12.9. The predicted molar refractivity (Wildman–Crippen MR) is 121 cm³/mol. The van der Waals surface area contributed by atoms with Gasteiger partial charge in [0.15, 0.2) is 11.0 Å². The Bertz CT molecular complexity index is 1060. The van der Waals surface area contributed by atoms with E-state index in [1.807, 2.05) is 36.7 Å². The van der Waals surface area contributed by atoms with Crippen LogP contribution in [0, 0.1) is 5.82 Å². The van der Waals surface area contributed by atoms with Gasteiger partial charge in [0.25, 0.3) is 0 Å². The van der Waals surface area contributed by atoms with E-state index >= 15 is 0 Å². The number of nitrogens with zero attached hydrogens (tertiary/aromatic N) is 3. The van der Waals surface area contributed by atoms with E-state index in [1.165, 1.54) is 30.0 Å². The van der Waals surface area contributed by atoms with Crippen molar-refractivity contribution in [2.45, 2.75) is 18.1 Å². The molecule has 0 radical (unpaired) electrons. The van der Waals surface area contributed by atoms with Crippen LogP contribution in [0.1, 0.15) is 24.4 Å². The monoisotopic (exact) mass is 460 g/mol.